The van der Waals surface area contributed by atoms with Crippen LogP contribution >= 0.6 is 0 Å². The van der Waals surface area contributed by atoms with Crippen LogP contribution in [0.4, 0.5) is 0 Å². The van der Waals surface area contributed by atoms with Crippen molar-refractivity contribution < 1.29 is 67.8 Å². The summed E-state index contributed by atoms with van der Waals surface area (Å²) < 4.78 is 62.4. The van der Waals surface area contributed by atoms with Crippen molar-refractivity contribution in [1.82, 2.24) is 0 Å². The average molecular weight is 1090 g/mol. The average Bonchev–Trinajstić information content (AvgIpc) is 3.45. The Morgan fingerprint density at radius 3 is 0.667 bits per heavy atom. The molecule has 7 rings (SSSR count). The number of ether oxygens (including phenoxy) is 10. The van der Waals surface area contributed by atoms with E-state index in [0.29, 0.717) is 150 Å². The molecule has 2 heterocycles. The second kappa shape index (κ2) is 33.0. The van der Waals surface area contributed by atoms with Gasteiger partial charge in [-0.2, -0.15) is 0 Å². The normalized spacial score (nSPS) is 20.4. The van der Waals surface area contributed by atoms with Gasteiger partial charge in [0.05, 0.1) is 79.3 Å². The first kappa shape index (κ1) is 60.7. The summed E-state index contributed by atoms with van der Waals surface area (Å²) >= 11 is 0. The molecule has 0 spiro atoms. The number of phenolic OH excluding ortho intramolecular Hbond substituents is 4. The van der Waals surface area contributed by atoms with E-state index in [2.05, 4.69) is 52.0 Å². The molecule has 4 N–H and O–H groups in total. The van der Waals surface area contributed by atoms with Crippen molar-refractivity contribution in [2.24, 2.45) is 0 Å². The quantitative estimate of drug-likeness (QED) is 0.0781. The Morgan fingerprint density at radius 1 is 0.269 bits per heavy atom. The molecule has 0 aromatic heterocycles. The molecule has 0 unspecified atom stereocenters. The van der Waals surface area contributed by atoms with Gasteiger partial charge in [0.1, 0.15) is 72.4 Å². The summed E-state index contributed by atoms with van der Waals surface area (Å²) in [4.78, 5) is 0. The van der Waals surface area contributed by atoms with E-state index in [1.807, 2.05) is 0 Å². The number of rotatable bonds is 16. The van der Waals surface area contributed by atoms with E-state index < -0.39 is 11.8 Å². The first-order valence-electron chi connectivity index (χ1n) is 29.7. The molecule has 14 nitrogen and oxygen atoms in total. The fraction of sp³-hybridized carbons (Fsp3) is 0.625. The van der Waals surface area contributed by atoms with Crippen LogP contribution < -0.4 is 18.9 Å². The fourth-order valence-electron chi connectivity index (χ4n) is 11.4. The van der Waals surface area contributed by atoms with Crippen molar-refractivity contribution in [3.05, 3.63) is 93.0 Å². The molecular weight excluding hydrogens is 993 g/mol. The SMILES string of the molecule is CCCCCC1c2cc3c(cc2O)OCCOCCOCCOCCOc2cc(O)c(cc2C3CCCCC)C(CCCCC)c2cc3c(cc2O)OCCOCCOCCOCCOc2cc(O)c1cc2C3CCCCC. The molecule has 0 atom stereocenters. The zero-order chi connectivity index (χ0) is 54.9. The lowest BCUT2D eigenvalue weighted by Gasteiger charge is -2.31. The third-order valence-corrected chi connectivity index (χ3v) is 15.5. The Morgan fingerprint density at radius 2 is 0.462 bits per heavy atom. The van der Waals surface area contributed by atoms with E-state index in [4.69, 9.17) is 47.4 Å². The maximum atomic E-state index is 12.6. The predicted octanol–water partition coefficient (Wildman–Crippen LogP) is 13.3. The largest absolute Gasteiger partial charge is 0.508 e. The Balaban J connectivity index is 1.59. The number of benzene rings is 4. The Hall–Kier alpha value is -4.96. The molecule has 4 aromatic rings. The first-order chi connectivity index (χ1) is 38.3. The van der Waals surface area contributed by atoms with Crippen LogP contribution in [0.2, 0.25) is 0 Å². The van der Waals surface area contributed by atoms with Crippen molar-refractivity contribution in [2.45, 2.75) is 154 Å². The molecule has 0 saturated heterocycles. The second-order valence-electron chi connectivity index (χ2n) is 21.1. The van der Waals surface area contributed by atoms with Crippen LogP contribution in [-0.4, -0.2) is 126 Å². The summed E-state index contributed by atoms with van der Waals surface area (Å²) in [5, 5.41) is 50.5. The summed E-state index contributed by atoms with van der Waals surface area (Å²) in [6, 6.07) is 15.4. The number of hydrogen-bond donors (Lipinski definition) is 4. The van der Waals surface area contributed by atoms with Gasteiger partial charge in [-0.1, -0.05) is 105 Å². The molecule has 8 bridgehead atoms. The lowest BCUT2D eigenvalue weighted by atomic mass is 9.76. The molecule has 78 heavy (non-hydrogen) atoms. The van der Waals surface area contributed by atoms with Crippen molar-refractivity contribution in [3.8, 4) is 46.0 Å². The zero-order valence-electron chi connectivity index (χ0n) is 47.4. The molecule has 2 aliphatic heterocycles. The summed E-state index contributed by atoms with van der Waals surface area (Å²) in [7, 11) is 0. The number of phenols is 4. The van der Waals surface area contributed by atoms with Gasteiger partial charge in [0.2, 0.25) is 0 Å². The number of unbranched alkanes of at least 4 members (excludes halogenated alkanes) is 8. The minimum Gasteiger partial charge on any atom is -0.508 e. The topological polar surface area (TPSA) is 173 Å². The molecular formula is C64H92O14. The lowest BCUT2D eigenvalue weighted by Crippen LogP contribution is -2.18. The second-order valence-corrected chi connectivity index (χ2v) is 21.1. The van der Waals surface area contributed by atoms with Crippen molar-refractivity contribution in [3.63, 3.8) is 0 Å². The van der Waals surface area contributed by atoms with Crippen molar-refractivity contribution >= 4 is 0 Å². The van der Waals surface area contributed by atoms with Crippen LogP contribution in [-0.2, 0) is 28.4 Å². The van der Waals surface area contributed by atoms with Crippen LogP contribution in [0.25, 0.3) is 0 Å². The highest BCUT2D eigenvalue weighted by Crippen LogP contribution is 2.53. The zero-order valence-corrected chi connectivity index (χ0v) is 47.4. The van der Waals surface area contributed by atoms with Gasteiger partial charge in [-0.25, -0.2) is 0 Å². The molecule has 3 aliphatic rings. The lowest BCUT2D eigenvalue weighted by molar-refractivity contribution is 0.00474. The van der Waals surface area contributed by atoms with Gasteiger partial charge in [0.15, 0.2) is 0 Å². The Bertz CT molecular complexity index is 2100. The maximum absolute atomic E-state index is 12.6. The Labute approximate surface area is 464 Å². The number of aromatic hydroxyl groups is 4. The van der Waals surface area contributed by atoms with Crippen LogP contribution in [0.5, 0.6) is 46.0 Å². The van der Waals surface area contributed by atoms with Crippen molar-refractivity contribution in [1.29, 1.82) is 0 Å². The standard InChI is InChI=1S/C64H92O14/c1-5-9-13-17-45-49-37-53-47(19-15-11-7-3)55-39-51(59(67)43-63(55)77-35-31-73-27-23-69-21-25-71-29-33-75-61(53)41-57(49)65)46(18-14-10-6-2)52-40-56-48(20-16-12-8-4)54-38-50(45)58(66)42-62(54)76-34-30-72-26-22-70-24-28-74-32-36-78-64(56)44-60(52)68/h37-48,65-68H,5-36H2,1-4H3. The van der Waals surface area contributed by atoms with E-state index in [-0.39, 0.29) is 61.3 Å². The highest BCUT2D eigenvalue weighted by atomic mass is 16.6. The number of hydrogen-bond acceptors (Lipinski definition) is 14. The molecule has 0 radical (unpaired) electrons. The predicted molar refractivity (Wildman–Crippen MR) is 303 cm³/mol. The third kappa shape index (κ3) is 17.0. The van der Waals surface area contributed by atoms with E-state index in [1.165, 1.54) is 0 Å². The van der Waals surface area contributed by atoms with Gasteiger partial charge in [0.25, 0.3) is 0 Å². The highest BCUT2D eigenvalue weighted by Gasteiger charge is 2.34. The summed E-state index contributed by atoms with van der Waals surface area (Å²) in [5.74, 6) is 0.685. The minimum absolute atomic E-state index is 0.0623. The van der Waals surface area contributed by atoms with Crippen LogP contribution in [0.1, 0.15) is 199 Å². The Kier molecular flexibility index (Phi) is 25.6. The first-order valence-corrected chi connectivity index (χ1v) is 29.7. The van der Waals surface area contributed by atoms with Gasteiger partial charge in [0, 0.05) is 92.4 Å². The van der Waals surface area contributed by atoms with Crippen molar-refractivity contribution in [2.75, 3.05) is 106 Å². The van der Waals surface area contributed by atoms with Gasteiger partial charge in [-0.3, -0.25) is 0 Å². The summed E-state index contributed by atoms with van der Waals surface area (Å²) in [6.45, 7) is 14.0. The molecule has 0 fully saturated rings. The van der Waals surface area contributed by atoms with Gasteiger partial charge >= 0.3 is 0 Å². The summed E-state index contributed by atoms with van der Waals surface area (Å²) in [6.07, 6.45) is 13.9. The van der Waals surface area contributed by atoms with E-state index in [1.54, 1.807) is 24.3 Å². The molecule has 0 saturated carbocycles. The van der Waals surface area contributed by atoms with Crippen LogP contribution in [0.3, 0.4) is 0 Å². The third-order valence-electron chi connectivity index (χ3n) is 15.5. The molecule has 1 aliphatic carbocycles. The maximum Gasteiger partial charge on any atom is 0.126 e. The minimum atomic E-state index is -0.463. The van der Waals surface area contributed by atoms with Gasteiger partial charge < -0.3 is 67.8 Å². The molecule has 432 valence electrons. The fourth-order valence-corrected chi connectivity index (χ4v) is 11.4. The van der Waals surface area contributed by atoms with Gasteiger partial charge in [-0.05, 0) is 49.9 Å². The van der Waals surface area contributed by atoms with Crippen LogP contribution in [0, 0.1) is 0 Å². The summed E-state index contributed by atoms with van der Waals surface area (Å²) in [5.41, 5.74) is 6.12. The monoisotopic (exact) mass is 1080 g/mol. The highest BCUT2D eigenvalue weighted by molar-refractivity contribution is 5.62. The van der Waals surface area contributed by atoms with E-state index in [0.717, 1.165) is 99.3 Å². The molecule has 0 amide bonds. The van der Waals surface area contributed by atoms with Crippen LogP contribution in [0.15, 0.2) is 48.5 Å². The van der Waals surface area contributed by atoms with Gasteiger partial charge in [-0.15, -0.1) is 0 Å². The number of fused-ring (bicyclic) bond motifs is 4. The molecule has 14 heteroatoms. The van der Waals surface area contributed by atoms with E-state index >= 15 is 0 Å². The smallest absolute Gasteiger partial charge is 0.126 e. The molecule has 4 aromatic carbocycles. The van der Waals surface area contributed by atoms with E-state index in [9.17, 15) is 20.4 Å².